The first kappa shape index (κ1) is 15.3. The van der Waals surface area contributed by atoms with Gasteiger partial charge in [-0.2, -0.15) is 8.42 Å². The summed E-state index contributed by atoms with van der Waals surface area (Å²) < 4.78 is 31.9. The van der Waals surface area contributed by atoms with E-state index < -0.39 is 21.8 Å². The van der Waals surface area contributed by atoms with Crippen LogP contribution in [0.5, 0.6) is 0 Å². The first-order chi connectivity index (χ1) is 8.57. The van der Waals surface area contributed by atoms with Crippen molar-refractivity contribution in [2.75, 3.05) is 6.26 Å². The standard InChI is InChI=1S/C12H17NO5S/c1-12(2,3)17-11(14)13-8-5-6-10(7-9-13)18-19(4,15)16/h5-9H,1-4H3. The monoisotopic (exact) mass is 287 g/mol. The second kappa shape index (κ2) is 5.48. The molecule has 106 valence electrons. The lowest BCUT2D eigenvalue weighted by atomic mass is 10.2. The fraction of sp³-hybridized carbons (Fsp3) is 0.417. The molecule has 0 aromatic heterocycles. The number of allylic oxidation sites excluding steroid dienone is 3. The summed E-state index contributed by atoms with van der Waals surface area (Å²) in [6.07, 6.45) is 7.49. The lowest BCUT2D eigenvalue weighted by Crippen LogP contribution is -2.30. The fourth-order valence-corrected chi connectivity index (χ4v) is 1.62. The van der Waals surface area contributed by atoms with Crippen molar-refractivity contribution in [2.24, 2.45) is 0 Å². The average Bonchev–Trinajstić information content (AvgIpc) is 2.38. The van der Waals surface area contributed by atoms with E-state index in [1.165, 1.54) is 35.5 Å². The molecule has 1 aliphatic rings. The average molecular weight is 287 g/mol. The number of rotatable bonds is 2. The van der Waals surface area contributed by atoms with Crippen molar-refractivity contribution < 1.29 is 22.1 Å². The van der Waals surface area contributed by atoms with Crippen LogP contribution in [0.1, 0.15) is 20.8 Å². The van der Waals surface area contributed by atoms with Crippen LogP contribution in [-0.4, -0.2) is 31.3 Å². The molecule has 1 aliphatic heterocycles. The highest BCUT2D eigenvalue weighted by Gasteiger charge is 2.20. The van der Waals surface area contributed by atoms with Crippen LogP contribution in [0.4, 0.5) is 4.79 Å². The van der Waals surface area contributed by atoms with Crippen LogP contribution >= 0.6 is 0 Å². The van der Waals surface area contributed by atoms with Crippen LogP contribution in [0.25, 0.3) is 0 Å². The molecule has 0 aromatic carbocycles. The first-order valence-corrected chi connectivity index (χ1v) is 7.36. The van der Waals surface area contributed by atoms with Gasteiger partial charge in [-0.1, -0.05) is 0 Å². The molecular formula is C12H17NO5S. The highest BCUT2D eigenvalue weighted by atomic mass is 32.2. The number of amides is 1. The third-order valence-corrected chi connectivity index (χ3v) is 2.25. The van der Waals surface area contributed by atoms with E-state index in [-0.39, 0.29) is 5.76 Å². The highest BCUT2D eigenvalue weighted by Crippen LogP contribution is 2.14. The number of carbonyl (C=O) groups excluding carboxylic acids is 1. The summed E-state index contributed by atoms with van der Waals surface area (Å²) in [7, 11) is -3.59. The van der Waals surface area contributed by atoms with Crippen LogP contribution in [0.2, 0.25) is 0 Å². The van der Waals surface area contributed by atoms with Gasteiger partial charge in [0.1, 0.15) is 11.4 Å². The molecule has 0 aromatic rings. The van der Waals surface area contributed by atoms with Crippen molar-refractivity contribution in [3.8, 4) is 0 Å². The molecule has 0 fully saturated rings. The van der Waals surface area contributed by atoms with E-state index >= 15 is 0 Å². The third-order valence-electron chi connectivity index (χ3n) is 1.76. The molecule has 1 rings (SSSR count). The van der Waals surface area contributed by atoms with E-state index in [4.69, 9.17) is 8.92 Å². The molecule has 0 radical (unpaired) electrons. The molecule has 0 unspecified atom stereocenters. The summed E-state index contributed by atoms with van der Waals surface area (Å²) in [6, 6.07) is 0. The Morgan fingerprint density at radius 1 is 1.26 bits per heavy atom. The molecule has 1 amide bonds. The molecule has 0 bridgehead atoms. The Bertz CT molecular complexity index is 537. The minimum absolute atomic E-state index is 0.116. The summed E-state index contributed by atoms with van der Waals surface area (Å²) in [4.78, 5) is 13.0. The van der Waals surface area contributed by atoms with E-state index in [0.29, 0.717) is 0 Å². The summed E-state index contributed by atoms with van der Waals surface area (Å²) in [5.74, 6) is 0.116. The van der Waals surface area contributed by atoms with E-state index in [9.17, 15) is 13.2 Å². The van der Waals surface area contributed by atoms with Gasteiger partial charge < -0.3 is 8.92 Å². The summed E-state index contributed by atoms with van der Waals surface area (Å²) in [6.45, 7) is 5.27. The fourth-order valence-electron chi connectivity index (χ4n) is 1.16. The highest BCUT2D eigenvalue weighted by molar-refractivity contribution is 7.86. The summed E-state index contributed by atoms with van der Waals surface area (Å²) in [5.41, 5.74) is -0.607. The van der Waals surface area contributed by atoms with Gasteiger partial charge in [-0.05, 0) is 39.0 Å². The van der Waals surface area contributed by atoms with Crippen molar-refractivity contribution in [1.29, 1.82) is 0 Å². The summed E-state index contributed by atoms with van der Waals surface area (Å²) >= 11 is 0. The summed E-state index contributed by atoms with van der Waals surface area (Å²) in [5, 5.41) is 0. The van der Waals surface area contributed by atoms with Gasteiger partial charge in [0.15, 0.2) is 0 Å². The van der Waals surface area contributed by atoms with Gasteiger partial charge in [0, 0.05) is 12.4 Å². The molecule has 6 nitrogen and oxygen atoms in total. The Morgan fingerprint density at radius 2 is 1.89 bits per heavy atom. The van der Waals surface area contributed by atoms with E-state index in [2.05, 4.69) is 0 Å². The largest absolute Gasteiger partial charge is 0.443 e. The zero-order valence-corrected chi connectivity index (χ0v) is 12.1. The first-order valence-electron chi connectivity index (χ1n) is 5.54. The minimum atomic E-state index is -3.59. The maximum Gasteiger partial charge on any atom is 0.418 e. The lowest BCUT2D eigenvalue weighted by Gasteiger charge is -2.22. The Kier molecular flexibility index (Phi) is 4.41. The number of hydrogen-bond donors (Lipinski definition) is 0. The van der Waals surface area contributed by atoms with Crippen molar-refractivity contribution in [2.45, 2.75) is 26.4 Å². The molecule has 0 spiro atoms. The Hall–Kier alpha value is -1.76. The van der Waals surface area contributed by atoms with Gasteiger partial charge in [-0.15, -0.1) is 0 Å². The predicted molar refractivity (Wildman–Crippen MR) is 70.4 cm³/mol. The molecule has 0 saturated heterocycles. The molecular weight excluding hydrogens is 270 g/mol. The molecule has 0 atom stereocenters. The Balaban J connectivity index is 2.75. The van der Waals surface area contributed by atoms with Crippen LogP contribution in [0.3, 0.4) is 0 Å². The second-order valence-electron chi connectivity index (χ2n) is 4.90. The Morgan fingerprint density at radius 3 is 2.42 bits per heavy atom. The number of nitrogens with zero attached hydrogens (tertiary/aromatic N) is 1. The topological polar surface area (TPSA) is 72.9 Å². The molecule has 0 saturated carbocycles. The van der Waals surface area contributed by atoms with Gasteiger partial charge in [0.2, 0.25) is 0 Å². The predicted octanol–water partition coefficient (Wildman–Crippen LogP) is 2.12. The van der Waals surface area contributed by atoms with Crippen molar-refractivity contribution in [3.05, 3.63) is 36.4 Å². The van der Waals surface area contributed by atoms with Crippen LogP contribution in [0.15, 0.2) is 36.4 Å². The minimum Gasteiger partial charge on any atom is -0.443 e. The maximum atomic E-state index is 11.8. The van der Waals surface area contributed by atoms with Gasteiger partial charge >= 0.3 is 16.2 Å². The zero-order valence-electron chi connectivity index (χ0n) is 11.3. The quantitative estimate of drug-likeness (QED) is 0.727. The molecule has 1 heterocycles. The van der Waals surface area contributed by atoms with Gasteiger partial charge in [0.05, 0.1) is 6.26 Å². The molecule has 19 heavy (non-hydrogen) atoms. The van der Waals surface area contributed by atoms with Gasteiger partial charge in [-0.3, -0.25) is 4.90 Å². The van der Waals surface area contributed by atoms with Crippen molar-refractivity contribution in [1.82, 2.24) is 4.90 Å². The van der Waals surface area contributed by atoms with Crippen LogP contribution < -0.4 is 0 Å². The molecule has 0 aliphatic carbocycles. The Labute approximate surface area is 113 Å². The second-order valence-corrected chi connectivity index (χ2v) is 6.48. The number of hydrogen-bond acceptors (Lipinski definition) is 5. The van der Waals surface area contributed by atoms with Crippen molar-refractivity contribution in [3.63, 3.8) is 0 Å². The lowest BCUT2D eigenvalue weighted by molar-refractivity contribution is 0.0400. The van der Waals surface area contributed by atoms with E-state index in [0.717, 1.165) is 6.26 Å². The van der Waals surface area contributed by atoms with E-state index in [1.54, 1.807) is 20.8 Å². The SMILES string of the molecule is CC(C)(C)OC(=O)N1C=CC=C(OS(C)(=O)=O)C=C1. The third kappa shape index (κ3) is 6.10. The van der Waals surface area contributed by atoms with Gasteiger partial charge in [-0.25, -0.2) is 4.79 Å². The number of carbonyl (C=O) groups is 1. The van der Waals surface area contributed by atoms with Crippen LogP contribution in [-0.2, 0) is 19.0 Å². The van der Waals surface area contributed by atoms with Gasteiger partial charge in [0.25, 0.3) is 0 Å². The molecule has 0 N–H and O–H groups in total. The number of ether oxygens (including phenoxy) is 1. The smallest absolute Gasteiger partial charge is 0.418 e. The molecule has 7 heteroatoms. The van der Waals surface area contributed by atoms with Crippen molar-refractivity contribution >= 4 is 16.2 Å². The van der Waals surface area contributed by atoms with E-state index in [1.807, 2.05) is 0 Å². The van der Waals surface area contributed by atoms with Crippen LogP contribution in [0, 0.1) is 0 Å². The normalized spacial score (nSPS) is 15.8. The zero-order chi connectivity index (χ0) is 14.7. The maximum absolute atomic E-state index is 11.8.